The molecule has 0 aromatic heterocycles. The van der Waals surface area contributed by atoms with E-state index in [9.17, 15) is 4.79 Å². The average molecular weight is 332 g/mol. The first-order chi connectivity index (χ1) is 11.7. The van der Waals surface area contributed by atoms with E-state index in [1.807, 2.05) is 0 Å². The number of nitrogens with two attached hydrogens (primary N) is 1. The lowest BCUT2D eigenvalue weighted by molar-refractivity contribution is -0.132. The van der Waals surface area contributed by atoms with Crippen LogP contribution in [0.3, 0.4) is 0 Å². The van der Waals surface area contributed by atoms with E-state index in [1.54, 1.807) is 0 Å². The highest BCUT2D eigenvalue weighted by molar-refractivity contribution is 5.81. The molecule has 4 atom stereocenters. The molecule has 2 heterocycles. The van der Waals surface area contributed by atoms with Gasteiger partial charge in [0.05, 0.1) is 12.2 Å². The van der Waals surface area contributed by atoms with E-state index >= 15 is 0 Å². The fourth-order valence-electron chi connectivity index (χ4n) is 3.59. The second-order valence-electron chi connectivity index (χ2n) is 6.91. The molecule has 2 saturated heterocycles. The summed E-state index contributed by atoms with van der Waals surface area (Å²) in [6.07, 6.45) is 3.47. The van der Waals surface area contributed by atoms with Gasteiger partial charge in [-0.05, 0) is 38.2 Å². The van der Waals surface area contributed by atoms with Gasteiger partial charge in [-0.3, -0.25) is 4.79 Å². The van der Waals surface area contributed by atoms with Crippen molar-refractivity contribution in [2.45, 2.75) is 50.9 Å². The lowest BCUT2D eigenvalue weighted by atomic mass is 9.89. The maximum absolute atomic E-state index is 12.3. The van der Waals surface area contributed by atoms with Crippen LogP contribution in [-0.2, 0) is 14.3 Å². The number of hydrogen-bond donors (Lipinski definition) is 2. The van der Waals surface area contributed by atoms with Crippen molar-refractivity contribution in [1.82, 2.24) is 5.32 Å². The Labute approximate surface area is 143 Å². The van der Waals surface area contributed by atoms with Gasteiger partial charge in [-0.25, -0.2) is 0 Å². The molecule has 1 aromatic carbocycles. The van der Waals surface area contributed by atoms with E-state index in [-0.39, 0.29) is 24.2 Å². The summed E-state index contributed by atoms with van der Waals surface area (Å²) in [6, 6.07) is 8.49. The van der Waals surface area contributed by atoms with Gasteiger partial charge in [-0.1, -0.05) is 29.8 Å². The van der Waals surface area contributed by atoms with Gasteiger partial charge in [0, 0.05) is 25.6 Å². The van der Waals surface area contributed by atoms with Gasteiger partial charge in [-0.15, -0.1) is 0 Å². The Hall–Kier alpha value is -1.43. The highest BCUT2D eigenvalue weighted by Gasteiger charge is 2.32. The van der Waals surface area contributed by atoms with Crippen molar-refractivity contribution in [1.29, 1.82) is 0 Å². The Kier molecular flexibility index (Phi) is 5.87. The molecule has 2 aliphatic heterocycles. The quantitative estimate of drug-likeness (QED) is 0.866. The fourth-order valence-corrected chi connectivity index (χ4v) is 3.59. The van der Waals surface area contributed by atoms with Crippen LogP contribution in [-0.4, -0.2) is 37.8 Å². The second kappa shape index (κ2) is 8.10. The standard InChI is InChI=1S/C19H28N2O3/c1-13-4-6-14(7-5-13)18-15(3-2-10-23-18)12-21-19(22)17-9-8-16(11-20)24-17/h4-7,15-18H,2-3,8-12,20H2,1H3,(H,21,22)/t15?,16-,17+,18?/m1/s1. The first kappa shape index (κ1) is 17.4. The molecule has 3 rings (SSSR count). The van der Waals surface area contributed by atoms with Crippen molar-refractivity contribution in [2.24, 2.45) is 11.7 Å². The van der Waals surface area contributed by atoms with Gasteiger partial charge in [0.25, 0.3) is 0 Å². The summed E-state index contributed by atoms with van der Waals surface area (Å²) < 4.78 is 11.7. The zero-order valence-corrected chi connectivity index (χ0v) is 14.4. The lowest BCUT2D eigenvalue weighted by Gasteiger charge is -2.32. The minimum absolute atomic E-state index is 0.0146. The first-order valence-corrected chi connectivity index (χ1v) is 8.99. The monoisotopic (exact) mass is 332 g/mol. The van der Waals surface area contributed by atoms with Gasteiger partial charge >= 0.3 is 0 Å². The van der Waals surface area contributed by atoms with Crippen molar-refractivity contribution < 1.29 is 14.3 Å². The van der Waals surface area contributed by atoms with E-state index in [4.69, 9.17) is 15.2 Å². The molecule has 3 N–H and O–H groups in total. The van der Waals surface area contributed by atoms with E-state index in [2.05, 4.69) is 36.5 Å². The molecule has 24 heavy (non-hydrogen) atoms. The van der Waals surface area contributed by atoms with Gasteiger partial charge in [0.15, 0.2) is 0 Å². The molecule has 5 nitrogen and oxygen atoms in total. The average Bonchev–Trinajstić information content (AvgIpc) is 3.10. The smallest absolute Gasteiger partial charge is 0.249 e. The van der Waals surface area contributed by atoms with E-state index in [0.717, 1.165) is 32.3 Å². The number of benzene rings is 1. The Morgan fingerprint density at radius 1 is 1.25 bits per heavy atom. The van der Waals surface area contributed by atoms with Crippen LogP contribution in [0, 0.1) is 12.8 Å². The Morgan fingerprint density at radius 3 is 2.75 bits per heavy atom. The maximum Gasteiger partial charge on any atom is 0.249 e. The molecule has 0 radical (unpaired) electrons. The van der Waals surface area contributed by atoms with Crippen molar-refractivity contribution in [3.05, 3.63) is 35.4 Å². The van der Waals surface area contributed by atoms with Crippen LogP contribution in [0.5, 0.6) is 0 Å². The molecule has 5 heteroatoms. The number of hydrogen-bond acceptors (Lipinski definition) is 4. The Morgan fingerprint density at radius 2 is 2.04 bits per heavy atom. The summed E-state index contributed by atoms with van der Waals surface area (Å²) in [5, 5.41) is 3.07. The summed E-state index contributed by atoms with van der Waals surface area (Å²) in [6.45, 7) is 3.98. The first-order valence-electron chi connectivity index (χ1n) is 8.99. The van der Waals surface area contributed by atoms with E-state index in [1.165, 1.54) is 11.1 Å². The summed E-state index contributed by atoms with van der Waals surface area (Å²) >= 11 is 0. The molecule has 2 fully saturated rings. The third-order valence-corrected chi connectivity index (χ3v) is 5.05. The molecule has 2 unspecified atom stereocenters. The van der Waals surface area contributed by atoms with Crippen LogP contribution < -0.4 is 11.1 Å². The van der Waals surface area contributed by atoms with E-state index in [0.29, 0.717) is 19.0 Å². The van der Waals surface area contributed by atoms with Crippen LogP contribution in [0.4, 0.5) is 0 Å². The number of nitrogens with one attached hydrogen (secondary N) is 1. The molecule has 1 amide bonds. The van der Waals surface area contributed by atoms with Crippen molar-refractivity contribution in [3.63, 3.8) is 0 Å². The summed E-state index contributed by atoms with van der Waals surface area (Å²) in [5.74, 6) is 0.288. The highest BCUT2D eigenvalue weighted by Crippen LogP contribution is 2.33. The molecular formula is C19H28N2O3. The number of carbonyl (C=O) groups is 1. The molecular weight excluding hydrogens is 304 g/mol. The SMILES string of the molecule is Cc1ccc(C2OCCCC2CNC(=O)[C@@H]2CC[C@H](CN)O2)cc1. The fraction of sp³-hybridized carbons (Fsp3) is 0.632. The number of amides is 1. The minimum Gasteiger partial charge on any atom is -0.373 e. The predicted octanol–water partition coefficient (Wildman–Crippen LogP) is 2.09. The summed E-state index contributed by atoms with van der Waals surface area (Å²) in [7, 11) is 0. The Balaban J connectivity index is 1.56. The van der Waals surface area contributed by atoms with Crippen LogP contribution in [0.2, 0.25) is 0 Å². The third kappa shape index (κ3) is 4.15. The van der Waals surface area contributed by atoms with Crippen LogP contribution in [0.1, 0.15) is 42.9 Å². The van der Waals surface area contributed by atoms with Gasteiger partial charge in [0.2, 0.25) is 5.91 Å². The van der Waals surface area contributed by atoms with Crippen LogP contribution >= 0.6 is 0 Å². The summed E-state index contributed by atoms with van der Waals surface area (Å²) in [5.41, 5.74) is 8.04. The minimum atomic E-state index is -0.346. The molecule has 1 aromatic rings. The number of aryl methyl sites for hydroxylation is 1. The number of rotatable bonds is 5. The van der Waals surface area contributed by atoms with Crippen molar-refractivity contribution >= 4 is 5.91 Å². The molecule has 0 aliphatic carbocycles. The van der Waals surface area contributed by atoms with Crippen LogP contribution in [0.25, 0.3) is 0 Å². The molecule has 0 spiro atoms. The van der Waals surface area contributed by atoms with Crippen molar-refractivity contribution in [3.8, 4) is 0 Å². The lowest BCUT2D eigenvalue weighted by Crippen LogP contribution is -2.40. The zero-order chi connectivity index (χ0) is 16.9. The number of carbonyl (C=O) groups excluding carboxylic acids is 1. The van der Waals surface area contributed by atoms with Gasteiger partial charge < -0.3 is 20.5 Å². The van der Waals surface area contributed by atoms with Crippen molar-refractivity contribution in [2.75, 3.05) is 19.7 Å². The molecule has 2 aliphatic rings. The predicted molar refractivity (Wildman–Crippen MR) is 92.6 cm³/mol. The summed E-state index contributed by atoms with van der Waals surface area (Å²) in [4.78, 5) is 12.3. The Bertz CT molecular complexity index is 546. The number of ether oxygens (including phenoxy) is 2. The zero-order valence-electron chi connectivity index (χ0n) is 14.4. The van der Waals surface area contributed by atoms with E-state index < -0.39 is 0 Å². The van der Waals surface area contributed by atoms with Crippen LogP contribution in [0.15, 0.2) is 24.3 Å². The molecule has 0 bridgehead atoms. The topological polar surface area (TPSA) is 73.6 Å². The largest absolute Gasteiger partial charge is 0.373 e. The normalized spacial score (nSPS) is 30.2. The second-order valence-corrected chi connectivity index (χ2v) is 6.91. The molecule has 132 valence electrons. The van der Waals surface area contributed by atoms with Gasteiger partial charge in [-0.2, -0.15) is 0 Å². The van der Waals surface area contributed by atoms with Gasteiger partial charge in [0.1, 0.15) is 6.10 Å². The molecule has 0 saturated carbocycles. The maximum atomic E-state index is 12.3. The highest BCUT2D eigenvalue weighted by atomic mass is 16.5. The third-order valence-electron chi connectivity index (χ3n) is 5.05.